The van der Waals surface area contributed by atoms with Crippen LogP contribution in [0.2, 0.25) is 26.2 Å². The Morgan fingerprint density at radius 1 is 0.760 bits per heavy atom. The third-order valence-corrected chi connectivity index (χ3v) is 6.31. The maximum Gasteiger partial charge on any atom is 0.171 e. The van der Waals surface area contributed by atoms with Gasteiger partial charge in [0.2, 0.25) is 0 Å². The van der Waals surface area contributed by atoms with E-state index in [9.17, 15) is 0 Å². The van der Waals surface area contributed by atoms with Gasteiger partial charge in [0.1, 0.15) is 0 Å². The summed E-state index contributed by atoms with van der Waals surface area (Å²) in [6, 6.07) is 6.79. The van der Waals surface area contributed by atoms with Crippen molar-refractivity contribution in [3.63, 3.8) is 0 Å². The Bertz CT molecular complexity index is 560. The van der Waals surface area contributed by atoms with E-state index in [2.05, 4.69) is 109 Å². The number of rotatable bonds is 6. The van der Waals surface area contributed by atoms with Gasteiger partial charge in [-0.1, -0.05) is 47.6 Å². The van der Waals surface area contributed by atoms with Gasteiger partial charge in [-0.3, -0.25) is 0 Å². The second-order valence-electron chi connectivity index (χ2n) is 9.64. The van der Waals surface area contributed by atoms with Crippen molar-refractivity contribution in [1.82, 2.24) is 0 Å². The summed E-state index contributed by atoms with van der Waals surface area (Å²) in [6.45, 7) is 22.7. The molecule has 0 amide bonds. The van der Waals surface area contributed by atoms with Crippen LogP contribution in [0.3, 0.4) is 0 Å². The van der Waals surface area contributed by atoms with Crippen LogP contribution < -0.4 is 0 Å². The van der Waals surface area contributed by atoms with E-state index in [-0.39, 0.29) is 23.0 Å². The molecule has 0 radical (unpaired) electrons. The predicted molar refractivity (Wildman–Crippen MR) is 123 cm³/mol. The maximum absolute atomic E-state index is 6.56. The van der Waals surface area contributed by atoms with Crippen molar-refractivity contribution < 1.29 is 8.85 Å². The quantitative estimate of drug-likeness (QED) is 0.335. The summed E-state index contributed by atoms with van der Waals surface area (Å²) in [5.74, 6) is 0. The van der Waals surface area contributed by atoms with E-state index in [1.807, 2.05) is 0 Å². The lowest BCUT2D eigenvalue weighted by Gasteiger charge is -2.39. The lowest BCUT2D eigenvalue weighted by Crippen LogP contribution is -2.31. The standard InChI is InChI=1S/C20H37IO2Si2/c1-19(2,3)17(22-24(7)8)15-12-11-14(21)13-16(15)18(20(4,5)6)23-25(9)10/h11-13,17-18,24-25H,1-10H3. The Hall–Kier alpha value is 0.304. The van der Waals surface area contributed by atoms with Gasteiger partial charge in [-0.25, -0.2) is 0 Å². The van der Waals surface area contributed by atoms with Gasteiger partial charge in [0.25, 0.3) is 0 Å². The summed E-state index contributed by atoms with van der Waals surface area (Å²) in [4.78, 5) is 0. The molecular formula is C20H37IO2Si2. The Kier molecular flexibility index (Phi) is 8.40. The summed E-state index contributed by atoms with van der Waals surface area (Å²) in [6.07, 6.45) is 0.208. The third-order valence-electron chi connectivity index (χ3n) is 4.00. The molecule has 0 heterocycles. The largest absolute Gasteiger partial charge is 0.413 e. The smallest absolute Gasteiger partial charge is 0.171 e. The van der Waals surface area contributed by atoms with E-state index >= 15 is 0 Å². The summed E-state index contributed by atoms with van der Waals surface area (Å²) in [5.41, 5.74) is 2.73. The lowest BCUT2D eigenvalue weighted by atomic mass is 9.78. The van der Waals surface area contributed by atoms with Crippen LogP contribution in [0.1, 0.15) is 64.9 Å². The minimum absolute atomic E-state index is 0.0497. The van der Waals surface area contributed by atoms with Crippen molar-refractivity contribution in [2.24, 2.45) is 10.8 Å². The van der Waals surface area contributed by atoms with E-state index in [0.29, 0.717) is 0 Å². The van der Waals surface area contributed by atoms with Crippen molar-refractivity contribution in [2.45, 2.75) is 79.9 Å². The van der Waals surface area contributed by atoms with Crippen LogP contribution in [0.15, 0.2) is 18.2 Å². The molecule has 25 heavy (non-hydrogen) atoms. The number of hydrogen-bond acceptors (Lipinski definition) is 2. The molecule has 0 saturated heterocycles. The van der Waals surface area contributed by atoms with Crippen LogP contribution in [0, 0.1) is 14.4 Å². The fraction of sp³-hybridized carbons (Fsp3) is 0.700. The first-order chi connectivity index (χ1) is 11.2. The minimum Gasteiger partial charge on any atom is -0.413 e. The van der Waals surface area contributed by atoms with E-state index in [0.717, 1.165) is 0 Å². The van der Waals surface area contributed by atoms with Crippen molar-refractivity contribution in [3.8, 4) is 0 Å². The zero-order valence-corrected chi connectivity index (χ0v) is 22.2. The predicted octanol–water partition coefficient (Wildman–Crippen LogP) is 6.47. The average molecular weight is 493 g/mol. The molecule has 1 aromatic rings. The fourth-order valence-corrected chi connectivity index (χ4v) is 5.76. The van der Waals surface area contributed by atoms with Gasteiger partial charge in [0.15, 0.2) is 18.1 Å². The monoisotopic (exact) mass is 492 g/mol. The molecule has 2 atom stereocenters. The van der Waals surface area contributed by atoms with Gasteiger partial charge in [0.05, 0.1) is 12.2 Å². The van der Waals surface area contributed by atoms with Crippen LogP contribution in [0.5, 0.6) is 0 Å². The minimum atomic E-state index is -1.17. The van der Waals surface area contributed by atoms with Gasteiger partial charge in [-0.2, -0.15) is 0 Å². The van der Waals surface area contributed by atoms with Crippen LogP contribution in [-0.4, -0.2) is 18.1 Å². The first-order valence-corrected chi connectivity index (χ1v) is 16.0. The summed E-state index contributed by atoms with van der Waals surface area (Å²) in [5, 5.41) is 0. The lowest BCUT2D eigenvalue weighted by molar-refractivity contribution is 0.0656. The highest BCUT2D eigenvalue weighted by Gasteiger charge is 2.35. The van der Waals surface area contributed by atoms with Gasteiger partial charge in [0, 0.05) is 3.57 Å². The third kappa shape index (κ3) is 7.09. The molecular weight excluding hydrogens is 455 g/mol. The zero-order chi connectivity index (χ0) is 19.6. The highest BCUT2D eigenvalue weighted by Crippen LogP contribution is 2.45. The molecule has 0 aliphatic rings. The van der Waals surface area contributed by atoms with E-state index < -0.39 is 18.1 Å². The van der Waals surface area contributed by atoms with Gasteiger partial charge >= 0.3 is 0 Å². The Labute approximate surface area is 172 Å². The highest BCUT2D eigenvalue weighted by molar-refractivity contribution is 14.1. The van der Waals surface area contributed by atoms with E-state index in [4.69, 9.17) is 8.85 Å². The molecule has 0 spiro atoms. The van der Waals surface area contributed by atoms with Crippen LogP contribution in [0.25, 0.3) is 0 Å². The first kappa shape index (κ1) is 23.3. The molecule has 0 fully saturated rings. The summed E-state index contributed by atoms with van der Waals surface area (Å²) >= 11 is 2.41. The molecule has 0 aliphatic carbocycles. The average Bonchev–Trinajstić information content (AvgIpc) is 2.40. The van der Waals surface area contributed by atoms with Gasteiger partial charge in [-0.05, 0) is 82.9 Å². The number of halogens is 1. The Morgan fingerprint density at radius 3 is 1.52 bits per heavy atom. The van der Waals surface area contributed by atoms with Crippen LogP contribution in [-0.2, 0) is 8.85 Å². The molecule has 2 unspecified atom stereocenters. The molecule has 5 heteroatoms. The normalized spacial score (nSPS) is 15.7. The molecule has 0 N–H and O–H groups in total. The number of hydrogen-bond donors (Lipinski definition) is 0. The summed E-state index contributed by atoms with van der Waals surface area (Å²) in [7, 11) is -2.34. The van der Waals surface area contributed by atoms with Crippen molar-refractivity contribution in [1.29, 1.82) is 0 Å². The molecule has 0 aliphatic heterocycles. The zero-order valence-electron chi connectivity index (χ0n) is 17.7. The fourth-order valence-electron chi connectivity index (χ4n) is 3.04. The Morgan fingerprint density at radius 2 is 1.16 bits per heavy atom. The summed E-state index contributed by atoms with van der Waals surface area (Å²) < 4.78 is 14.4. The van der Waals surface area contributed by atoms with Crippen LogP contribution in [0.4, 0.5) is 0 Å². The molecule has 0 saturated carbocycles. The van der Waals surface area contributed by atoms with Gasteiger partial charge in [-0.15, -0.1) is 0 Å². The van der Waals surface area contributed by atoms with Gasteiger partial charge < -0.3 is 8.85 Å². The van der Waals surface area contributed by atoms with Crippen molar-refractivity contribution in [3.05, 3.63) is 32.9 Å². The molecule has 2 nitrogen and oxygen atoms in total. The van der Waals surface area contributed by atoms with Crippen LogP contribution >= 0.6 is 22.6 Å². The number of benzene rings is 1. The van der Waals surface area contributed by atoms with E-state index in [1.165, 1.54) is 14.7 Å². The molecule has 0 aromatic heterocycles. The topological polar surface area (TPSA) is 18.5 Å². The van der Waals surface area contributed by atoms with Crippen molar-refractivity contribution >= 4 is 40.7 Å². The highest BCUT2D eigenvalue weighted by atomic mass is 127. The first-order valence-electron chi connectivity index (χ1n) is 9.33. The second-order valence-corrected chi connectivity index (χ2v) is 15.6. The molecule has 1 aromatic carbocycles. The molecule has 144 valence electrons. The SMILES string of the molecule is C[SiH](C)OC(c1ccc(I)cc1C(O[SiH](C)C)C(C)(C)C)C(C)(C)C. The second kappa shape index (κ2) is 9.00. The molecule has 1 rings (SSSR count). The molecule has 0 bridgehead atoms. The van der Waals surface area contributed by atoms with E-state index in [1.54, 1.807) is 0 Å². The Balaban J connectivity index is 3.55. The van der Waals surface area contributed by atoms with Crippen molar-refractivity contribution in [2.75, 3.05) is 0 Å². The maximum atomic E-state index is 6.56.